The zero-order valence-corrected chi connectivity index (χ0v) is 7.79. The molecule has 0 amide bonds. The van der Waals surface area contributed by atoms with Gasteiger partial charge in [-0.05, 0) is 11.8 Å². The normalized spacial score (nSPS) is 10.1. The monoisotopic (exact) mass is 313 g/mol. The zero-order valence-electron chi connectivity index (χ0n) is 3.14. The van der Waals surface area contributed by atoms with Crippen molar-refractivity contribution in [2.24, 2.45) is 5.90 Å². The SMILES string of the molecule is NOP(O)(O)=S.[W]. The largest absolute Gasteiger partial charge is 0.338 e. The molecule has 0 fully saturated rings. The van der Waals surface area contributed by atoms with E-state index >= 15 is 0 Å². The molecule has 0 aliphatic heterocycles. The number of hydrogen-bond donors (Lipinski definition) is 3. The van der Waals surface area contributed by atoms with Crippen LogP contribution in [0.15, 0.2) is 0 Å². The quantitative estimate of drug-likeness (QED) is 0.431. The summed E-state index contributed by atoms with van der Waals surface area (Å²) in [6.07, 6.45) is 0. The van der Waals surface area contributed by atoms with Gasteiger partial charge in [0, 0.05) is 21.1 Å². The Kier molecular flexibility index (Phi) is 6.46. The summed E-state index contributed by atoms with van der Waals surface area (Å²) in [5.41, 5.74) is 0. The molecule has 0 aromatic carbocycles. The fourth-order valence-electron chi connectivity index (χ4n) is 0. The van der Waals surface area contributed by atoms with Gasteiger partial charge in [0.1, 0.15) is 0 Å². The first-order valence-corrected chi connectivity index (χ1v) is 3.63. The van der Waals surface area contributed by atoms with Crippen molar-refractivity contribution in [3.8, 4) is 0 Å². The van der Waals surface area contributed by atoms with E-state index in [1.54, 1.807) is 0 Å². The second-order valence-corrected chi connectivity index (χ2v) is 3.21. The minimum atomic E-state index is -3.54. The van der Waals surface area contributed by atoms with E-state index < -0.39 is 6.72 Å². The summed E-state index contributed by atoms with van der Waals surface area (Å²) in [6, 6.07) is 0. The van der Waals surface area contributed by atoms with Crippen LogP contribution >= 0.6 is 6.72 Å². The Hall–Kier alpha value is 1.18. The van der Waals surface area contributed by atoms with E-state index in [1.807, 2.05) is 0 Å². The Bertz CT molecular complexity index is 79.0. The summed E-state index contributed by atoms with van der Waals surface area (Å²) in [7, 11) is 0. The van der Waals surface area contributed by atoms with Gasteiger partial charge in [0.05, 0.1) is 0 Å². The van der Waals surface area contributed by atoms with Crippen molar-refractivity contribution in [2.45, 2.75) is 0 Å². The van der Waals surface area contributed by atoms with E-state index in [9.17, 15) is 0 Å². The van der Waals surface area contributed by atoms with Gasteiger partial charge in [-0.1, -0.05) is 0 Å². The molecule has 0 aliphatic rings. The molecule has 0 bridgehead atoms. The summed E-state index contributed by atoms with van der Waals surface area (Å²) in [5, 5.41) is 0. The standard InChI is InChI=1S/H4NO3PS.W/c1-4-5(2,3)6;/h1H2,(H2,2,3,6);. The van der Waals surface area contributed by atoms with Crippen LogP contribution in [0.5, 0.6) is 0 Å². The second kappa shape index (κ2) is 4.10. The van der Waals surface area contributed by atoms with Crippen LogP contribution < -0.4 is 5.90 Å². The molecule has 0 unspecified atom stereocenters. The number of rotatable bonds is 1. The number of nitrogens with two attached hydrogens (primary N) is 1. The number of hydrogen-bond acceptors (Lipinski definition) is 3. The van der Waals surface area contributed by atoms with E-state index in [2.05, 4.69) is 22.3 Å². The summed E-state index contributed by atoms with van der Waals surface area (Å²) < 4.78 is 3.47. The minimum Gasteiger partial charge on any atom is -0.324 e. The second-order valence-electron chi connectivity index (χ2n) is 0.596. The van der Waals surface area contributed by atoms with Crippen LogP contribution in [-0.4, -0.2) is 9.79 Å². The molecule has 0 aliphatic carbocycles. The molecule has 0 atom stereocenters. The zero-order chi connectivity index (χ0) is 5.21. The molecular weight excluding hydrogens is 309 g/mol. The summed E-state index contributed by atoms with van der Waals surface area (Å²) in [6.45, 7) is -3.54. The Morgan fingerprint density at radius 1 is 1.57 bits per heavy atom. The van der Waals surface area contributed by atoms with Crippen molar-refractivity contribution >= 4 is 18.5 Å². The summed E-state index contributed by atoms with van der Waals surface area (Å²) in [5.74, 6) is 4.25. The molecular formula is H4NO3PSW. The Morgan fingerprint density at radius 2 is 1.71 bits per heavy atom. The fraction of sp³-hybridized carbons (Fsp3) is 0. The van der Waals surface area contributed by atoms with Crippen LogP contribution in [0.3, 0.4) is 0 Å². The predicted molar refractivity (Wildman–Crippen MR) is 24.0 cm³/mol. The van der Waals surface area contributed by atoms with Gasteiger partial charge >= 0.3 is 6.72 Å². The van der Waals surface area contributed by atoms with Crippen molar-refractivity contribution in [1.29, 1.82) is 0 Å². The van der Waals surface area contributed by atoms with Crippen molar-refractivity contribution in [1.82, 2.24) is 0 Å². The molecule has 4 nitrogen and oxygen atoms in total. The molecule has 0 heterocycles. The molecule has 44 valence electrons. The van der Waals surface area contributed by atoms with Crippen molar-refractivity contribution in [3.05, 3.63) is 0 Å². The van der Waals surface area contributed by atoms with E-state index in [-0.39, 0.29) is 21.1 Å². The molecule has 7 heavy (non-hydrogen) atoms. The first kappa shape index (κ1) is 11.0. The molecule has 7 heteroatoms. The van der Waals surface area contributed by atoms with E-state index in [0.717, 1.165) is 0 Å². The average Bonchev–Trinajstić information content (AvgIpc) is 1.35. The summed E-state index contributed by atoms with van der Waals surface area (Å²) >= 11 is 3.86. The van der Waals surface area contributed by atoms with Gasteiger partial charge in [-0.15, -0.1) is 0 Å². The molecule has 0 spiro atoms. The first-order valence-electron chi connectivity index (χ1n) is 1.00. The van der Waals surface area contributed by atoms with Crippen LogP contribution in [0, 0.1) is 0 Å². The Labute approximate surface area is 60.1 Å². The van der Waals surface area contributed by atoms with Crippen LogP contribution in [0.1, 0.15) is 0 Å². The van der Waals surface area contributed by atoms with E-state index in [0.29, 0.717) is 0 Å². The van der Waals surface area contributed by atoms with Crippen molar-refractivity contribution < 1.29 is 35.5 Å². The van der Waals surface area contributed by atoms with Crippen molar-refractivity contribution in [2.75, 3.05) is 0 Å². The van der Waals surface area contributed by atoms with Gasteiger partial charge in [0.2, 0.25) is 0 Å². The third-order valence-corrected chi connectivity index (χ3v) is 0.670. The molecule has 0 radical (unpaired) electrons. The van der Waals surface area contributed by atoms with Crippen LogP contribution in [0.2, 0.25) is 0 Å². The predicted octanol–water partition coefficient (Wildman–Crippen LogP) is -0.917. The van der Waals surface area contributed by atoms with Gasteiger partial charge in [-0.25, -0.2) is 10.5 Å². The van der Waals surface area contributed by atoms with Crippen LogP contribution in [0.4, 0.5) is 0 Å². The smallest absolute Gasteiger partial charge is 0.324 e. The molecule has 0 rings (SSSR count). The summed E-state index contributed by atoms with van der Waals surface area (Å²) in [4.78, 5) is 15.9. The molecule has 0 aromatic heterocycles. The van der Waals surface area contributed by atoms with Gasteiger partial charge < -0.3 is 9.79 Å². The Morgan fingerprint density at radius 3 is 1.71 bits per heavy atom. The van der Waals surface area contributed by atoms with Crippen LogP contribution in [0.25, 0.3) is 0 Å². The Balaban J connectivity index is 0. The molecule has 0 saturated heterocycles. The fourth-order valence-corrected chi connectivity index (χ4v) is 0. The third kappa shape index (κ3) is 11.0. The van der Waals surface area contributed by atoms with Crippen molar-refractivity contribution in [3.63, 3.8) is 0 Å². The molecule has 0 aromatic rings. The maximum Gasteiger partial charge on any atom is 0.338 e. The van der Waals surface area contributed by atoms with Gasteiger partial charge in [-0.3, -0.25) is 0 Å². The molecule has 4 N–H and O–H groups in total. The maximum absolute atomic E-state index is 7.96. The van der Waals surface area contributed by atoms with E-state index in [1.165, 1.54) is 0 Å². The minimum absolute atomic E-state index is 0. The third-order valence-electron chi connectivity index (χ3n) is 0.137. The maximum atomic E-state index is 7.96. The topological polar surface area (TPSA) is 75.7 Å². The van der Waals surface area contributed by atoms with Gasteiger partial charge in [0.15, 0.2) is 0 Å². The van der Waals surface area contributed by atoms with Gasteiger partial charge in [-0.2, -0.15) is 0 Å². The first-order chi connectivity index (χ1) is 2.56. The van der Waals surface area contributed by atoms with Gasteiger partial charge in [0.25, 0.3) is 0 Å². The van der Waals surface area contributed by atoms with E-state index in [4.69, 9.17) is 9.79 Å². The molecule has 0 saturated carbocycles. The van der Waals surface area contributed by atoms with Crippen LogP contribution in [-0.2, 0) is 37.5 Å². The average molecular weight is 313 g/mol.